The number of hydrogen-bond donors (Lipinski definition) is 0. The van der Waals surface area contributed by atoms with Crippen molar-refractivity contribution in [1.29, 1.82) is 0 Å². The molecule has 2 aliphatic rings. The highest BCUT2D eigenvalue weighted by molar-refractivity contribution is 8.00. The molecule has 1 unspecified atom stereocenters. The molecule has 0 amide bonds. The van der Waals surface area contributed by atoms with Crippen LogP contribution in [0.1, 0.15) is 0 Å². The second kappa shape index (κ2) is 4.48. The van der Waals surface area contributed by atoms with Crippen molar-refractivity contribution in [1.82, 2.24) is 0 Å². The predicted molar refractivity (Wildman–Crippen MR) is 60.4 cm³/mol. The smallest absolute Gasteiger partial charge is 0.282 e. The maximum atomic E-state index is 11.9. The van der Waals surface area contributed by atoms with E-state index in [2.05, 4.69) is 7.81 Å². The number of carbonyl (C=O) groups is 1. The van der Waals surface area contributed by atoms with Crippen molar-refractivity contribution in [2.24, 2.45) is 11.8 Å². The number of ketones is 1. The Kier molecular flexibility index (Phi) is 3.50. The summed E-state index contributed by atoms with van der Waals surface area (Å²) in [5.41, 5.74) is 0. The minimum atomic E-state index is -4.34. The Labute approximate surface area is 110 Å². The number of Topliss-reactive ketones (excluding diaryl/α,β-unsaturated/α-hetero) is 1. The summed E-state index contributed by atoms with van der Waals surface area (Å²) >= 11 is 0. The molecule has 0 aromatic rings. The van der Waals surface area contributed by atoms with Gasteiger partial charge in [-0.25, -0.2) is 0 Å². The fourth-order valence-corrected chi connectivity index (χ4v) is 6.57. The molecule has 0 bridgehead atoms. The van der Waals surface area contributed by atoms with Gasteiger partial charge in [-0.3, -0.25) is 8.98 Å². The number of rotatable bonds is 2. The number of carbonyl (C=O) groups excluding carboxylic acids is 1. The monoisotopic (exact) mass is 334 g/mol. The summed E-state index contributed by atoms with van der Waals surface area (Å²) in [6.45, 7) is -0.390. The molecular formula is C7H10O9S3. The zero-order valence-electron chi connectivity index (χ0n) is 9.38. The molecule has 0 spiro atoms. The highest BCUT2D eigenvalue weighted by Gasteiger charge is 2.44. The summed E-state index contributed by atoms with van der Waals surface area (Å²) in [4.78, 5) is 11.9. The molecule has 110 valence electrons. The first kappa shape index (κ1) is 14.8. The first-order chi connectivity index (χ1) is 8.50. The maximum absolute atomic E-state index is 11.9. The molecule has 2 saturated heterocycles. The van der Waals surface area contributed by atoms with Crippen molar-refractivity contribution in [2.75, 3.05) is 23.9 Å². The largest absolute Gasteiger partial charge is 0.299 e. The van der Waals surface area contributed by atoms with E-state index in [-0.39, 0.29) is 0 Å². The van der Waals surface area contributed by atoms with Gasteiger partial charge in [-0.15, -0.1) is 3.63 Å². The molecule has 2 fully saturated rings. The van der Waals surface area contributed by atoms with E-state index < -0.39 is 71.8 Å². The van der Waals surface area contributed by atoms with Gasteiger partial charge in [-0.05, 0) is 0 Å². The van der Waals surface area contributed by atoms with Crippen LogP contribution in [0.5, 0.6) is 0 Å². The SMILES string of the molecule is O=C(C1COS(=O)(=O)C1)C1CS(=O)(=O)OS(=O)(=O)C1. The summed E-state index contributed by atoms with van der Waals surface area (Å²) in [7, 11) is -12.5. The van der Waals surface area contributed by atoms with Crippen LogP contribution >= 0.6 is 0 Å². The van der Waals surface area contributed by atoms with Crippen LogP contribution in [0.4, 0.5) is 0 Å². The third kappa shape index (κ3) is 3.51. The molecular weight excluding hydrogens is 324 g/mol. The van der Waals surface area contributed by atoms with E-state index in [0.29, 0.717) is 0 Å². The Balaban J connectivity index is 2.21. The summed E-state index contributed by atoms with van der Waals surface area (Å²) in [6.07, 6.45) is 0. The fourth-order valence-electron chi connectivity index (χ4n) is 1.94. The van der Waals surface area contributed by atoms with E-state index in [9.17, 15) is 30.0 Å². The second-order valence-corrected chi connectivity index (χ2v) is 9.45. The highest BCUT2D eigenvalue weighted by Crippen LogP contribution is 2.25. The molecule has 0 aliphatic carbocycles. The standard InChI is InChI=1S/C7H10O9S3/c8-7(5-1-15-17(9,10)2-5)6-3-18(11,12)16-19(13,14)4-6/h5-6H,1-4H2. The maximum Gasteiger partial charge on any atom is 0.282 e. The van der Waals surface area contributed by atoms with E-state index in [1.165, 1.54) is 0 Å². The summed E-state index contributed by atoms with van der Waals surface area (Å²) in [5.74, 6) is -5.24. The van der Waals surface area contributed by atoms with Crippen molar-refractivity contribution in [3.05, 3.63) is 0 Å². The Morgan fingerprint density at radius 3 is 1.68 bits per heavy atom. The predicted octanol–water partition coefficient (Wildman–Crippen LogP) is -2.16. The van der Waals surface area contributed by atoms with E-state index in [4.69, 9.17) is 0 Å². The van der Waals surface area contributed by atoms with Crippen molar-refractivity contribution in [2.45, 2.75) is 0 Å². The van der Waals surface area contributed by atoms with Crippen LogP contribution in [-0.2, 0) is 43.0 Å². The molecule has 9 nitrogen and oxygen atoms in total. The fraction of sp³-hybridized carbons (Fsp3) is 0.857. The molecule has 0 aromatic carbocycles. The minimum absolute atomic E-state index is 0.390. The van der Waals surface area contributed by atoms with E-state index in [1.807, 2.05) is 0 Å². The van der Waals surface area contributed by atoms with Gasteiger partial charge in [-0.2, -0.15) is 25.3 Å². The van der Waals surface area contributed by atoms with Crippen molar-refractivity contribution in [3.63, 3.8) is 0 Å². The minimum Gasteiger partial charge on any atom is -0.299 e. The first-order valence-corrected chi connectivity index (χ1v) is 9.80. The summed E-state index contributed by atoms with van der Waals surface area (Å²) in [6, 6.07) is 0. The van der Waals surface area contributed by atoms with Crippen molar-refractivity contribution < 1.29 is 37.9 Å². The van der Waals surface area contributed by atoms with Crippen LogP contribution in [0.2, 0.25) is 0 Å². The van der Waals surface area contributed by atoms with E-state index in [0.717, 1.165) is 0 Å². The van der Waals surface area contributed by atoms with Crippen LogP contribution in [0.3, 0.4) is 0 Å². The zero-order chi connectivity index (χ0) is 14.5. The topological polar surface area (TPSA) is 138 Å². The van der Waals surface area contributed by atoms with Gasteiger partial charge in [0, 0.05) is 0 Å². The third-order valence-electron chi connectivity index (χ3n) is 2.68. The lowest BCUT2D eigenvalue weighted by atomic mass is 9.97. The lowest BCUT2D eigenvalue weighted by molar-refractivity contribution is -0.125. The van der Waals surface area contributed by atoms with Crippen LogP contribution < -0.4 is 0 Å². The Morgan fingerprint density at radius 1 is 0.789 bits per heavy atom. The van der Waals surface area contributed by atoms with Crippen LogP contribution in [0, 0.1) is 11.8 Å². The molecule has 2 rings (SSSR count). The summed E-state index contributed by atoms with van der Waals surface area (Å²) < 4.78 is 75.3. The van der Waals surface area contributed by atoms with Crippen LogP contribution in [0.15, 0.2) is 0 Å². The molecule has 1 atom stereocenters. The van der Waals surface area contributed by atoms with Gasteiger partial charge >= 0.3 is 0 Å². The molecule has 0 radical (unpaired) electrons. The normalized spacial score (nSPS) is 32.9. The van der Waals surface area contributed by atoms with Crippen molar-refractivity contribution >= 4 is 36.1 Å². The zero-order valence-corrected chi connectivity index (χ0v) is 11.8. The Bertz CT molecular complexity index is 665. The summed E-state index contributed by atoms with van der Waals surface area (Å²) in [5, 5.41) is 0. The molecule has 2 aliphatic heterocycles. The molecule has 2 heterocycles. The lowest BCUT2D eigenvalue weighted by Gasteiger charge is -2.21. The van der Waals surface area contributed by atoms with E-state index in [1.54, 1.807) is 0 Å². The van der Waals surface area contributed by atoms with Gasteiger partial charge in [0.1, 0.15) is 5.78 Å². The van der Waals surface area contributed by atoms with Gasteiger partial charge in [0.05, 0.1) is 35.7 Å². The molecule has 12 heteroatoms. The average Bonchev–Trinajstić information content (AvgIpc) is 2.53. The molecule has 0 N–H and O–H groups in total. The van der Waals surface area contributed by atoms with Crippen LogP contribution in [0.25, 0.3) is 0 Å². The van der Waals surface area contributed by atoms with Crippen LogP contribution in [-0.4, -0.2) is 54.9 Å². The Morgan fingerprint density at radius 2 is 1.26 bits per heavy atom. The van der Waals surface area contributed by atoms with Crippen molar-refractivity contribution in [3.8, 4) is 0 Å². The first-order valence-electron chi connectivity index (χ1n) is 5.07. The second-order valence-electron chi connectivity index (χ2n) is 4.32. The average molecular weight is 334 g/mol. The molecule has 0 aromatic heterocycles. The van der Waals surface area contributed by atoms with Gasteiger partial charge in [0.25, 0.3) is 30.4 Å². The van der Waals surface area contributed by atoms with Gasteiger partial charge < -0.3 is 0 Å². The molecule has 0 saturated carbocycles. The van der Waals surface area contributed by atoms with Gasteiger partial charge in [0.15, 0.2) is 0 Å². The number of hydrogen-bond acceptors (Lipinski definition) is 9. The quantitative estimate of drug-likeness (QED) is 0.517. The molecule has 19 heavy (non-hydrogen) atoms. The Hall–Kier alpha value is -0.560. The highest BCUT2D eigenvalue weighted by atomic mass is 32.3. The third-order valence-corrected chi connectivity index (χ3v) is 7.26. The lowest BCUT2D eigenvalue weighted by Crippen LogP contribution is -2.41. The van der Waals surface area contributed by atoms with Gasteiger partial charge in [0.2, 0.25) is 0 Å². The van der Waals surface area contributed by atoms with Gasteiger partial charge in [-0.1, -0.05) is 0 Å². The van der Waals surface area contributed by atoms with E-state index >= 15 is 0 Å².